The Morgan fingerprint density at radius 1 is 1.64 bits per heavy atom. The van der Waals surface area contributed by atoms with Crippen LogP contribution in [0.25, 0.3) is 0 Å². The van der Waals surface area contributed by atoms with Crippen molar-refractivity contribution in [3.63, 3.8) is 0 Å². The number of rotatable bonds is 5. The fraction of sp³-hybridized carbons (Fsp3) is 0.625. The number of thiol groups is 1. The van der Waals surface area contributed by atoms with Crippen LogP contribution in [-0.2, 0) is 4.79 Å². The Hall–Kier alpha value is -0.440. The normalized spacial score (nSPS) is 9.27. The highest BCUT2D eigenvalue weighted by atomic mass is 32.1. The van der Waals surface area contributed by atoms with Gasteiger partial charge in [-0.15, -0.1) is 0 Å². The smallest absolute Gasteiger partial charge is 0.245 e. The number of likely N-dealkylation sites (N-methyl/N-ethyl adjacent to an activating group) is 1. The van der Waals surface area contributed by atoms with Crippen LogP contribution in [0.5, 0.6) is 0 Å². The fourth-order valence-electron chi connectivity index (χ4n) is 0.727. The van der Waals surface area contributed by atoms with Crippen LogP contribution in [0.15, 0.2) is 12.7 Å². The molecule has 0 atom stereocenters. The zero-order chi connectivity index (χ0) is 8.69. The lowest BCUT2D eigenvalue weighted by Crippen LogP contribution is -2.25. The molecule has 0 aromatic carbocycles. The molecule has 3 heteroatoms. The number of amides is 1. The van der Waals surface area contributed by atoms with Gasteiger partial charge in [0.15, 0.2) is 0 Å². The monoisotopic (exact) mass is 173 g/mol. The average molecular weight is 173 g/mol. The van der Waals surface area contributed by atoms with E-state index in [9.17, 15) is 4.79 Å². The van der Waals surface area contributed by atoms with E-state index in [1.807, 2.05) is 0 Å². The summed E-state index contributed by atoms with van der Waals surface area (Å²) in [6.45, 7) is 4.20. The molecule has 1 amide bonds. The first-order valence-electron chi connectivity index (χ1n) is 3.70. The van der Waals surface area contributed by atoms with Gasteiger partial charge in [0.05, 0.1) is 0 Å². The van der Waals surface area contributed by atoms with Crippen LogP contribution in [0.2, 0.25) is 0 Å². The minimum Gasteiger partial charge on any atom is -0.342 e. The Kier molecular flexibility index (Phi) is 6.03. The summed E-state index contributed by atoms with van der Waals surface area (Å²) in [6.07, 6.45) is 3.40. The van der Waals surface area contributed by atoms with Crippen LogP contribution in [0.3, 0.4) is 0 Å². The Morgan fingerprint density at radius 3 is 2.73 bits per heavy atom. The molecule has 0 rings (SSSR count). The molecule has 0 saturated carbocycles. The number of hydrogen-bond donors (Lipinski definition) is 1. The van der Waals surface area contributed by atoms with Crippen molar-refractivity contribution in [2.75, 3.05) is 19.3 Å². The van der Waals surface area contributed by atoms with Gasteiger partial charge in [-0.2, -0.15) is 12.6 Å². The molecule has 0 aliphatic rings. The van der Waals surface area contributed by atoms with Gasteiger partial charge in [-0.25, -0.2) is 0 Å². The van der Waals surface area contributed by atoms with E-state index in [0.717, 1.165) is 25.1 Å². The third kappa shape index (κ3) is 4.90. The molecule has 64 valence electrons. The zero-order valence-corrected chi connectivity index (χ0v) is 7.81. The van der Waals surface area contributed by atoms with Gasteiger partial charge < -0.3 is 4.90 Å². The second-order valence-electron chi connectivity index (χ2n) is 2.39. The minimum atomic E-state index is -0.0100. The number of nitrogens with zero attached hydrogens (tertiary/aromatic N) is 1. The third-order valence-electron chi connectivity index (χ3n) is 1.45. The minimum absolute atomic E-state index is 0.0100. The van der Waals surface area contributed by atoms with Crippen molar-refractivity contribution in [3.8, 4) is 0 Å². The number of carbonyl (C=O) groups excluding carboxylic acids is 1. The van der Waals surface area contributed by atoms with Crippen molar-refractivity contribution < 1.29 is 4.79 Å². The van der Waals surface area contributed by atoms with Crippen molar-refractivity contribution in [2.24, 2.45) is 0 Å². The predicted octanol–water partition coefficient (Wildman–Crippen LogP) is 1.34. The molecule has 0 unspecified atom stereocenters. The standard InChI is InChI=1S/C8H15NOS/c1-3-8(10)9(2)6-4-5-7-11/h3,11H,1,4-7H2,2H3. The molecular formula is C8H15NOS. The first kappa shape index (κ1) is 10.6. The van der Waals surface area contributed by atoms with E-state index in [1.165, 1.54) is 6.08 Å². The average Bonchev–Trinajstić information content (AvgIpc) is 2.03. The SMILES string of the molecule is C=CC(=O)N(C)CCCCS. The Labute approximate surface area is 73.7 Å². The van der Waals surface area contributed by atoms with Gasteiger partial charge >= 0.3 is 0 Å². The van der Waals surface area contributed by atoms with Gasteiger partial charge in [0.1, 0.15) is 0 Å². The van der Waals surface area contributed by atoms with Gasteiger partial charge in [-0.1, -0.05) is 6.58 Å². The van der Waals surface area contributed by atoms with Crippen molar-refractivity contribution in [1.29, 1.82) is 0 Å². The summed E-state index contributed by atoms with van der Waals surface area (Å²) in [6, 6.07) is 0. The van der Waals surface area contributed by atoms with Gasteiger partial charge in [0, 0.05) is 13.6 Å². The van der Waals surface area contributed by atoms with E-state index >= 15 is 0 Å². The predicted molar refractivity (Wildman–Crippen MR) is 50.9 cm³/mol. The molecule has 0 aliphatic carbocycles. The summed E-state index contributed by atoms with van der Waals surface area (Å²) in [4.78, 5) is 12.6. The maximum atomic E-state index is 10.9. The lowest BCUT2D eigenvalue weighted by atomic mass is 10.3. The second-order valence-corrected chi connectivity index (χ2v) is 2.84. The van der Waals surface area contributed by atoms with Crippen molar-refractivity contribution in [2.45, 2.75) is 12.8 Å². The largest absolute Gasteiger partial charge is 0.342 e. The molecule has 11 heavy (non-hydrogen) atoms. The lowest BCUT2D eigenvalue weighted by Gasteiger charge is -2.13. The highest BCUT2D eigenvalue weighted by Crippen LogP contribution is 1.94. The molecule has 0 aliphatic heterocycles. The van der Waals surface area contributed by atoms with Gasteiger partial charge in [0.25, 0.3) is 0 Å². The van der Waals surface area contributed by atoms with Crippen LogP contribution in [0, 0.1) is 0 Å². The van der Waals surface area contributed by atoms with Crippen LogP contribution in [-0.4, -0.2) is 30.2 Å². The molecule has 0 fully saturated rings. The first-order valence-corrected chi connectivity index (χ1v) is 4.34. The van der Waals surface area contributed by atoms with Crippen LogP contribution < -0.4 is 0 Å². The van der Waals surface area contributed by atoms with E-state index < -0.39 is 0 Å². The number of hydrogen-bond acceptors (Lipinski definition) is 2. The molecule has 0 saturated heterocycles. The lowest BCUT2D eigenvalue weighted by molar-refractivity contribution is -0.124. The van der Waals surface area contributed by atoms with Crippen LogP contribution in [0.4, 0.5) is 0 Å². The van der Waals surface area contributed by atoms with Crippen LogP contribution in [0.1, 0.15) is 12.8 Å². The molecule has 0 heterocycles. The summed E-state index contributed by atoms with van der Waals surface area (Å²) in [5.41, 5.74) is 0. The first-order chi connectivity index (χ1) is 5.22. The van der Waals surface area contributed by atoms with Gasteiger partial charge in [-0.3, -0.25) is 4.79 Å². The summed E-state index contributed by atoms with van der Waals surface area (Å²) < 4.78 is 0. The summed E-state index contributed by atoms with van der Waals surface area (Å²) in [5.74, 6) is 0.875. The molecular weight excluding hydrogens is 158 g/mol. The topological polar surface area (TPSA) is 20.3 Å². The van der Waals surface area contributed by atoms with E-state index in [-0.39, 0.29) is 5.91 Å². The Bertz CT molecular complexity index is 136. The summed E-state index contributed by atoms with van der Waals surface area (Å²) in [5, 5.41) is 0. The molecule has 2 nitrogen and oxygen atoms in total. The van der Waals surface area contributed by atoms with Crippen molar-refractivity contribution >= 4 is 18.5 Å². The highest BCUT2D eigenvalue weighted by molar-refractivity contribution is 7.80. The highest BCUT2D eigenvalue weighted by Gasteiger charge is 2.01. The second kappa shape index (κ2) is 6.28. The quantitative estimate of drug-likeness (QED) is 0.378. The third-order valence-corrected chi connectivity index (χ3v) is 1.77. The van der Waals surface area contributed by atoms with E-state index in [0.29, 0.717) is 0 Å². The Morgan fingerprint density at radius 2 is 2.27 bits per heavy atom. The van der Waals surface area contributed by atoms with Crippen molar-refractivity contribution in [1.82, 2.24) is 4.90 Å². The van der Waals surface area contributed by atoms with E-state index in [4.69, 9.17) is 0 Å². The molecule has 0 spiro atoms. The number of unbranched alkanes of at least 4 members (excludes halogenated alkanes) is 1. The van der Waals surface area contributed by atoms with Crippen LogP contribution >= 0.6 is 12.6 Å². The fourth-order valence-corrected chi connectivity index (χ4v) is 0.950. The molecule has 0 bridgehead atoms. The zero-order valence-electron chi connectivity index (χ0n) is 6.92. The number of carbonyl (C=O) groups is 1. The molecule has 0 aromatic heterocycles. The molecule has 0 radical (unpaired) electrons. The maximum Gasteiger partial charge on any atom is 0.245 e. The van der Waals surface area contributed by atoms with Gasteiger partial charge in [-0.05, 0) is 24.7 Å². The van der Waals surface area contributed by atoms with Crippen molar-refractivity contribution in [3.05, 3.63) is 12.7 Å². The maximum absolute atomic E-state index is 10.9. The molecule has 0 N–H and O–H groups in total. The molecule has 0 aromatic rings. The summed E-state index contributed by atoms with van der Waals surface area (Å²) >= 11 is 4.07. The summed E-state index contributed by atoms with van der Waals surface area (Å²) in [7, 11) is 1.78. The Balaban J connectivity index is 3.43. The van der Waals surface area contributed by atoms with Gasteiger partial charge in [0.2, 0.25) is 5.91 Å². The van der Waals surface area contributed by atoms with E-state index in [1.54, 1.807) is 11.9 Å². The van der Waals surface area contributed by atoms with E-state index in [2.05, 4.69) is 19.2 Å².